The standard InChI is InChI=1S/C17H23N3O3S/c1-3-18-10-17(8-15(18)22)11-19(13(2)21)5-6-20(12-17)16(23)14-4-7-24-9-14/h4,7,9H,3,5-6,8,10-12H2,1-2H3. The zero-order chi connectivity index (χ0) is 17.3. The van der Waals surface area contributed by atoms with E-state index < -0.39 is 0 Å². The van der Waals surface area contributed by atoms with Gasteiger partial charge in [-0.15, -0.1) is 0 Å². The first-order valence-corrected chi connectivity index (χ1v) is 9.23. The highest BCUT2D eigenvalue weighted by Gasteiger charge is 2.47. The van der Waals surface area contributed by atoms with Crippen LogP contribution in [0.4, 0.5) is 0 Å². The van der Waals surface area contributed by atoms with Gasteiger partial charge in [-0.1, -0.05) is 0 Å². The van der Waals surface area contributed by atoms with Gasteiger partial charge in [-0.05, 0) is 18.4 Å². The summed E-state index contributed by atoms with van der Waals surface area (Å²) in [7, 11) is 0. The summed E-state index contributed by atoms with van der Waals surface area (Å²) in [5.74, 6) is 0.107. The van der Waals surface area contributed by atoms with Crippen LogP contribution in [0.2, 0.25) is 0 Å². The molecule has 1 aromatic rings. The van der Waals surface area contributed by atoms with Crippen molar-refractivity contribution >= 4 is 29.1 Å². The number of carbonyl (C=O) groups excluding carboxylic acids is 3. The number of nitrogens with zero attached hydrogens (tertiary/aromatic N) is 3. The molecule has 130 valence electrons. The number of hydrogen-bond donors (Lipinski definition) is 0. The third kappa shape index (κ3) is 3.17. The lowest BCUT2D eigenvalue weighted by atomic mass is 9.85. The van der Waals surface area contributed by atoms with Gasteiger partial charge < -0.3 is 14.7 Å². The number of carbonyl (C=O) groups is 3. The molecule has 1 unspecified atom stereocenters. The third-order valence-electron chi connectivity index (χ3n) is 4.98. The summed E-state index contributed by atoms with van der Waals surface area (Å²) in [4.78, 5) is 42.5. The van der Waals surface area contributed by atoms with E-state index in [1.165, 1.54) is 11.3 Å². The largest absolute Gasteiger partial charge is 0.342 e. The van der Waals surface area contributed by atoms with Crippen molar-refractivity contribution in [3.63, 3.8) is 0 Å². The zero-order valence-corrected chi connectivity index (χ0v) is 15.0. The monoisotopic (exact) mass is 349 g/mol. The van der Waals surface area contributed by atoms with Gasteiger partial charge >= 0.3 is 0 Å². The Morgan fingerprint density at radius 1 is 1.21 bits per heavy atom. The van der Waals surface area contributed by atoms with Crippen molar-refractivity contribution in [3.8, 4) is 0 Å². The summed E-state index contributed by atoms with van der Waals surface area (Å²) >= 11 is 1.50. The summed E-state index contributed by atoms with van der Waals surface area (Å²) in [5, 5.41) is 3.74. The second-order valence-electron chi connectivity index (χ2n) is 6.76. The lowest BCUT2D eigenvalue weighted by Gasteiger charge is -2.33. The van der Waals surface area contributed by atoms with Crippen LogP contribution in [-0.4, -0.2) is 71.7 Å². The van der Waals surface area contributed by atoms with E-state index in [4.69, 9.17) is 0 Å². The van der Waals surface area contributed by atoms with Crippen molar-refractivity contribution in [2.75, 3.05) is 39.3 Å². The van der Waals surface area contributed by atoms with Gasteiger partial charge in [0.2, 0.25) is 11.8 Å². The second-order valence-corrected chi connectivity index (χ2v) is 7.54. The molecule has 2 fully saturated rings. The van der Waals surface area contributed by atoms with Crippen molar-refractivity contribution in [2.24, 2.45) is 5.41 Å². The molecular formula is C17H23N3O3S. The van der Waals surface area contributed by atoms with Gasteiger partial charge in [-0.2, -0.15) is 11.3 Å². The Labute approximate surface area is 146 Å². The Kier molecular flexibility index (Phi) is 4.62. The predicted molar refractivity (Wildman–Crippen MR) is 91.8 cm³/mol. The van der Waals surface area contributed by atoms with E-state index in [2.05, 4.69) is 0 Å². The summed E-state index contributed by atoms with van der Waals surface area (Å²) < 4.78 is 0. The Morgan fingerprint density at radius 3 is 2.50 bits per heavy atom. The normalized spacial score (nSPS) is 24.6. The van der Waals surface area contributed by atoms with Crippen LogP contribution in [0.25, 0.3) is 0 Å². The minimum absolute atomic E-state index is 0.00149. The first-order chi connectivity index (χ1) is 11.4. The smallest absolute Gasteiger partial charge is 0.254 e. The molecule has 2 aliphatic rings. The molecular weight excluding hydrogens is 326 g/mol. The molecule has 24 heavy (non-hydrogen) atoms. The second kappa shape index (κ2) is 6.55. The van der Waals surface area contributed by atoms with Crippen LogP contribution >= 0.6 is 11.3 Å². The van der Waals surface area contributed by atoms with Crippen molar-refractivity contribution in [1.29, 1.82) is 0 Å². The van der Waals surface area contributed by atoms with Crippen LogP contribution in [-0.2, 0) is 9.59 Å². The number of likely N-dealkylation sites (tertiary alicyclic amines) is 1. The summed E-state index contributed by atoms with van der Waals surface area (Å²) in [6.45, 7) is 6.89. The summed E-state index contributed by atoms with van der Waals surface area (Å²) in [5.41, 5.74) is 0.323. The summed E-state index contributed by atoms with van der Waals surface area (Å²) in [6.07, 6.45) is 0.401. The zero-order valence-electron chi connectivity index (χ0n) is 14.2. The van der Waals surface area contributed by atoms with E-state index in [0.717, 1.165) is 0 Å². The van der Waals surface area contributed by atoms with E-state index >= 15 is 0 Å². The highest BCUT2D eigenvalue weighted by atomic mass is 32.1. The number of hydrogen-bond acceptors (Lipinski definition) is 4. The quantitative estimate of drug-likeness (QED) is 0.808. The van der Waals surface area contributed by atoms with E-state index in [1.54, 1.807) is 11.8 Å². The van der Waals surface area contributed by atoms with Crippen LogP contribution in [0.3, 0.4) is 0 Å². The Bertz CT molecular complexity index is 646. The van der Waals surface area contributed by atoms with E-state index in [-0.39, 0.29) is 23.1 Å². The van der Waals surface area contributed by atoms with Crippen LogP contribution in [0, 0.1) is 5.41 Å². The average Bonchev–Trinajstić information content (AvgIpc) is 3.12. The van der Waals surface area contributed by atoms with Crippen molar-refractivity contribution < 1.29 is 14.4 Å². The molecule has 1 spiro atoms. The maximum atomic E-state index is 12.8. The minimum Gasteiger partial charge on any atom is -0.342 e. The van der Waals surface area contributed by atoms with Gasteiger partial charge in [0, 0.05) is 63.4 Å². The lowest BCUT2D eigenvalue weighted by molar-refractivity contribution is -0.130. The molecule has 0 saturated carbocycles. The van der Waals surface area contributed by atoms with Crippen LogP contribution in [0.15, 0.2) is 16.8 Å². The SMILES string of the molecule is CCN1CC2(CC1=O)CN(C(C)=O)CCN(C(=O)c1ccsc1)C2. The van der Waals surface area contributed by atoms with Gasteiger partial charge in [-0.25, -0.2) is 0 Å². The third-order valence-corrected chi connectivity index (χ3v) is 5.66. The molecule has 1 aromatic heterocycles. The lowest BCUT2D eigenvalue weighted by Crippen LogP contribution is -2.45. The first-order valence-electron chi connectivity index (χ1n) is 8.29. The molecule has 6 nitrogen and oxygen atoms in total. The van der Waals surface area contributed by atoms with E-state index in [0.29, 0.717) is 51.3 Å². The molecule has 0 radical (unpaired) electrons. The number of thiophene rings is 1. The van der Waals surface area contributed by atoms with Crippen molar-refractivity contribution in [2.45, 2.75) is 20.3 Å². The molecule has 0 aromatic carbocycles. The fourth-order valence-corrected chi connectivity index (χ4v) is 4.38. The van der Waals surface area contributed by atoms with E-state index in [9.17, 15) is 14.4 Å². The predicted octanol–water partition coefficient (Wildman–Crippen LogP) is 1.29. The van der Waals surface area contributed by atoms with Gasteiger partial charge in [0.05, 0.1) is 5.56 Å². The van der Waals surface area contributed by atoms with Crippen molar-refractivity contribution in [3.05, 3.63) is 22.4 Å². The molecule has 3 amide bonds. The maximum absolute atomic E-state index is 12.8. The van der Waals surface area contributed by atoms with Gasteiger partial charge in [0.15, 0.2) is 0 Å². The molecule has 3 rings (SSSR count). The Hall–Kier alpha value is -1.89. The van der Waals surface area contributed by atoms with E-state index in [1.807, 2.05) is 33.6 Å². The highest BCUT2D eigenvalue weighted by Crippen LogP contribution is 2.35. The topological polar surface area (TPSA) is 60.9 Å². The summed E-state index contributed by atoms with van der Waals surface area (Å²) in [6, 6.07) is 1.82. The highest BCUT2D eigenvalue weighted by molar-refractivity contribution is 7.08. The van der Waals surface area contributed by atoms with Gasteiger partial charge in [0.25, 0.3) is 5.91 Å². The maximum Gasteiger partial charge on any atom is 0.254 e. The fourth-order valence-electron chi connectivity index (χ4n) is 3.75. The fraction of sp³-hybridized carbons (Fsp3) is 0.588. The molecule has 2 aliphatic heterocycles. The minimum atomic E-state index is -0.360. The molecule has 0 bridgehead atoms. The van der Waals surface area contributed by atoms with Crippen molar-refractivity contribution in [1.82, 2.24) is 14.7 Å². The number of amides is 3. The molecule has 3 heterocycles. The first kappa shape index (κ1) is 17.0. The molecule has 2 saturated heterocycles. The average molecular weight is 349 g/mol. The van der Waals surface area contributed by atoms with Crippen LogP contribution in [0.5, 0.6) is 0 Å². The number of rotatable bonds is 2. The van der Waals surface area contributed by atoms with Crippen LogP contribution < -0.4 is 0 Å². The van der Waals surface area contributed by atoms with Gasteiger partial charge in [-0.3, -0.25) is 14.4 Å². The molecule has 0 aliphatic carbocycles. The molecule has 1 atom stereocenters. The molecule has 7 heteroatoms. The molecule has 0 N–H and O–H groups in total. The Balaban J connectivity index is 1.87. The van der Waals surface area contributed by atoms with Gasteiger partial charge in [0.1, 0.15) is 0 Å². The Morgan fingerprint density at radius 2 is 1.92 bits per heavy atom. The van der Waals surface area contributed by atoms with Crippen LogP contribution in [0.1, 0.15) is 30.6 Å².